The maximum atomic E-state index is 5.36. The van der Waals surface area contributed by atoms with Crippen LogP contribution in [0.5, 0.6) is 0 Å². The molecule has 5 heteroatoms. The molecule has 0 spiro atoms. The molecule has 1 aromatic rings. The molecule has 0 radical (unpaired) electrons. The summed E-state index contributed by atoms with van der Waals surface area (Å²) in [5, 5.41) is 0. The Balaban J connectivity index is 2.36. The highest BCUT2D eigenvalue weighted by Crippen LogP contribution is 2.15. The number of hydrogen-bond donors (Lipinski definition) is 1. The fourth-order valence-corrected chi connectivity index (χ4v) is 1.97. The number of fused-ring (bicyclic) bond motifs is 1. The van der Waals surface area contributed by atoms with E-state index in [1.165, 1.54) is 5.69 Å². The van der Waals surface area contributed by atoms with Gasteiger partial charge in [0.05, 0.1) is 19.8 Å². The minimum Gasteiger partial charge on any atom is -0.376 e. The molecule has 0 saturated carbocycles. The molecule has 1 aliphatic heterocycles. The number of H-pyrrole nitrogens is 1. The molecule has 0 amide bonds. The number of ether oxygens (including phenoxy) is 1. The topological polar surface area (TPSA) is 41.2 Å². The summed E-state index contributed by atoms with van der Waals surface area (Å²) in [6.45, 7) is 2.15. The van der Waals surface area contributed by atoms with Crippen LogP contribution in [-0.2, 0) is 24.3 Å². The van der Waals surface area contributed by atoms with Gasteiger partial charge in [-0.1, -0.05) is 12.2 Å². The first-order valence-corrected chi connectivity index (χ1v) is 5.41. The van der Waals surface area contributed by atoms with Gasteiger partial charge in [-0.05, 0) is 14.1 Å². The Morgan fingerprint density at radius 3 is 3.07 bits per heavy atom. The van der Waals surface area contributed by atoms with Gasteiger partial charge in [0.2, 0.25) is 0 Å². The van der Waals surface area contributed by atoms with Crippen molar-refractivity contribution in [3.63, 3.8) is 0 Å². The minimum atomic E-state index is 0.597. The van der Waals surface area contributed by atoms with Crippen LogP contribution in [0.3, 0.4) is 0 Å². The van der Waals surface area contributed by atoms with Gasteiger partial charge in [0.1, 0.15) is 10.5 Å². The van der Waals surface area contributed by atoms with Gasteiger partial charge >= 0.3 is 0 Å². The SMILES string of the molecule is CN(C)Cc1nc(=S)c2c([nH]1)CCOC2. The number of rotatable bonds is 2. The lowest BCUT2D eigenvalue weighted by atomic mass is 10.1. The summed E-state index contributed by atoms with van der Waals surface area (Å²) in [7, 11) is 4.03. The number of aromatic amines is 1. The Bertz CT molecular complexity index is 414. The number of aromatic nitrogens is 2. The molecule has 1 aliphatic rings. The van der Waals surface area contributed by atoms with Crippen molar-refractivity contribution in [1.82, 2.24) is 14.9 Å². The molecule has 0 aliphatic carbocycles. The van der Waals surface area contributed by atoms with Crippen molar-refractivity contribution in [1.29, 1.82) is 0 Å². The van der Waals surface area contributed by atoms with Crippen molar-refractivity contribution in [2.75, 3.05) is 20.7 Å². The molecule has 4 nitrogen and oxygen atoms in total. The van der Waals surface area contributed by atoms with E-state index in [0.29, 0.717) is 11.2 Å². The lowest BCUT2D eigenvalue weighted by molar-refractivity contribution is 0.108. The Kier molecular flexibility index (Phi) is 3.14. The van der Waals surface area contributed by atoms with Crippen LogP contribution >= 0.6 is 12.2 Å². The maximum Gasteiger partial charge on any atom is 0.135 e. The van der Waals surface area contributed by atoms with Gasteiger partial charge in [-0.2, -0.15) is 0 Å². The zero-order valence-electron chi connectivity index (χ0n) is 9.04. The second-order valence-electron chi connectivity index (χ2n) is 3.99. The summed E-state index contributed by atoms with van der Waals surface area (Å²) in [4.78, 5) is 9.77. The average Bonchev–Trinajstić information content (AvgIpc) is 2.16. The van der Waals surface area contributed by atoms with E-state index >= 15 is 0 Å². The molecule has 0 bridgehead atoms. The summed E-state index contributed by atoms with van der Waals surface area (Å²) >= 11 is 5.25. The highest BCUT2D eigenvalue weighted by atomic mass is 32.1. The number of nitrogens with one attached hydrogen (secondary N) is 1. The fraction of sp³-hybridized carbons (Fsp3) is 0.600. The molecular weight excluding hydrogens is 210 g/mol. The monoisotopic (exact) mass is 225 g/mol. The molecule has 2 rings (SSSR count). The Labute approximate surface area is 94.3 Å². The van der Waals surface area contributed by atoms with Gasteiger partial charge in [0.15, 0.2) is 0 Å². The molecule has 0 fully saturated rings. The van der Waals surface area contributed by atoms with Crippen LogP contribution in [0.15, 0.2) is 0 Å². The normalized spacial score (nSPS) is 15.4. The quantitative estimate of drug-likeness (QED) is 0.770. The lowest BCUT2D eigenvalue weighted by Crippen LogP contribution is -2.18. The first kappa shape index (κ1) is 10.7. The fourth-order valence-electron chi connectivity index (χ4n) is 1.68. The largest absolute Gasteiger partial charge is 0.376 e. The van der Waals surface area contributed by atoms with Crippen molar-refractivity contribution in [2.24, 2.45) is 0 Å². The molecule has 0 atom stereocenters. The summed E-state index contributed by atoms with van der Waals surface area (Å²) in [5.41, 5.74) is 2.25. The average molecular weight is 225 g/mol. The minimum absolute atomic E-state index is 0.597. The summed E-state index contributed by atoms with van der Waals surface area (Å²) in [6.07, 6.45) is 0.905. The molecule has 0 aromatic carbocycles. The van der Waals surface area contributed by atoms with Gasteiger partial charge in [0.25, 0.3) is 0 Å². The molecule has 1 N–H and O–H groups in total. The van der Waals surface area contributed by atoms with Crippen molar-refractivity contribution in [3.05, 3.63) is 21.7 Å². The van der Waals surface area contributed by atoms with Gasteiger partial charge in [-0.15, -0.1) is 0 Å². The second kappa shape index (κ2) is 4.38. The Morgan fingerprint density at radius 2 is 2.33 bits per heavy atom. The van der Waals surface area contributed by atoms with Crippen molar-refractivity contribution >= 4 is 12.2 Å². The van der Waals surface area contributed by atoms with Crippen LogP contribution in [0.25, 0.3) is 0 Å². The zero-order valence-corrected chi connectivity index (χ0v) is 9.86. The lowest BCUT2D eigenvalue weighted by Gasteiger charge is -2.18. The molecule has 82 valence electrons. The third-order valence-electron chi connectivity index (χ3n) is 2.36. The second-order valence-corrected chi connectivity index (χ2v) is 4.37. The molecule has 1 aromatic heterocycles. The zero-order chi connectivity index (χ0) is 10.8. The maximum absolute atomic E-state index is 5.36. The molecule has 0 saturated heterocycles. The van der Waals surface area contributed by atoms with Gasteiger partial charge in [-0.25, -0.2) is 4.98 Å². The Morgan fingerprint density at radius 1 is 1.53 bits per heavy atom. The number of nitrogens with zero attached hydrogens (tertiary/aromatic N) is 2. The van der Waals surface area contributed by atoms with E-state index in [4.69, 9.17) is 17.0 Å². The van der Waals surface area contributed by atoms with Gasteiger partial charge in [-0.3, -0.25) is 0 Å². The van der Waals surface area contributed by atoms with Crippen LogP contribution < -0.4 is 0 Å². The highest BCUT2D eigenvalue weighted by molar-refractivity contribution is 7.71. The number of hydrogen-bond acceptors (Lipinski definition) is 4. The van der Waals surface area contributed by atoms with Crippen molar-refractivity contribution in [3.8, 4) is 0 Å². The van der Waals surface area contributed by atoms with E-state index in [1.807, 2.05) is 14.1 Å². The van der Waals surface area contributed by atoms with E-state index in [0.717, 1.165) is 31.0 Å². The first-order chi connectivity index (χ1) is 7.16. The van der Waals surface area contributed by atoms with Crippen LogP contribution in [0.1, 0.15) is 17.1 Å². The van der Waals surface area contributed by atoms with Crippen LogP contribution in [0, 0.1) is 4.64 Å². The third-order valence-corrected chi connectivity index (χ3v) is 2.70. The van der Waals surface area contributed by atoms with Crippen LogP contribution in [-0.4, -0.2) is 35.6 Å². The summed E-state index contributed by atoms with van der Waals surface area (Å²) in [5.74, 6) is 0.936. The highest BCUT2D eigenvalue weighted by Gasteiger charge is 2.13. The predicted octanol–water partition coefficient (Wildman–Crippen LogP) is 1.27. The molecular formula is C10H15N3OS. The van der Waals surface area contributed by atoms with Crippen molar-refractivity contribution in [2.45, 2.75) is 19.6 Å². The molecule has 0 unspecified atom stereocenters. The van der Waals surface area contributed by atoms with E-state index < -0.39 is 0 Å². The van der Waals surface area contributed by atoms with E-state index in [-0.39, 0.29) is 0 Å². The predicted molar refractivity (Wildman–Crippen MR) is 60.2 cm³/mol. The first-order valence-electron chi connectivity index (χ1n) is 5.00. The summed E-state index contributed by atoms with van der Waals surface area (Å²) < 4.78 is 6.04. The van der Waals surface area contributed by atoms with E-state index in [1.54, 1.807) is 0 Å². The summed E-state index contributed by atoms with van der Waals surface area (Å²) in [6, 6.07) is 0. The molecule has 2 heterocycles. The van der Waals surface area contributed by atoms with E-state index in [2.05, 4.69) is 14.9 Å². The van der Waals surface area contributed by atoms with Gasteiger partial charge in [0, 0.05) is 17.7 Å². The van der Waals surface area contributed by atoms with Crippen LogP contribution in [0.4, 0.5) is 0 Å². The van der Waals surface area contributed by atoms with Crippen LogP contribution in [0.2, 0.25) is 0 Å². The smallest absolute Gasteiger partial charge is 0.135 e. The third kappa shape index (κ3) is 2.42. The van der Waals surface area contributed by atoms with Gasteiger partial charge < -0.3 is 14.6 Å². The standard InChI is InChI=1S/C10H15N3OS/c1-13(2)5-9-11-8-3-4-14-6-7(8)10(15)12-9/h3-6H2,1-2H3,(H,11,12,15). The Hall–Kier alpha value is -0.780. The van der Waals surface area contributed by atoms with E-state index in [9.17, 15) is 0 Å². The molecule has 15 heavy (non-hydrogen) atoms. The van der Waals surface area contributed by atoms with Crippen molar-refractivity contribution < 1.29 is 4.74 Å².